The van der Waals surface area contributed by atoms with Gasteiger partial charge >= 0.3 is 0 Å². The molecule has 98 valence electrons. The van der Waals surface area contributed by atoms with Gasteiger partial charge in [0.05, 0.1) is 11.9 Å². The summed E-state index contributed by atoms with van der Waals surface area (Å²) in [6.45, 7) is 5.48. The van der Waals surface area contributed by atoms with E-state index in [9.17, 15) is 8.42 Å². The normalized spacial score (nSPS) is 13.9. The topological polar surface area (TPSA) is 81.4 Å². The Morgan fingerprint density at radius 1 is 1.31 bits per heavy atom. The third-order valence-electron chi connectivity index (χ3n) is 2.35. The molecule has 6 heteroatoms. The Morgan fingerprint density at radius 2 is 2.00 bits per heavy atom. The van der Waals surface area contributed by atoms with Crippen LogP contribution in [0.5, 0.6) is 0 Å². The van der Waals surface area contributed by atoms with Crippen LogP contribution in [0.15, 0.2) is 0 Å². The molecule has 0 spiro atoms. The molecule has 5 nitrogen and oxygen atoms in total. The standard InChI is InChI=1S/C10H24N2O3S/c1-3-5-7-15-8-6-12-16(13,14)10(4-2)9-11/h10,12H,3-9,11H2,1-2H3. The number of hydrogen-bond donors (Lipinski definition) is 2. The van der Waals surface area contributed by atoms with Gasteiger partial charge < -0.3 is 10.5 Å². The van der Waals surface area contributed by atoms with Gasteiger partial charge in [0, 0.05) is 19.7 Å². The van der Waals surface area contributed by atoms with E-state index >= 15 is 0 Å². The van der Waals surface area contributed by atoms with E-state index in [4.69, 9.17) is 10.5 Å². The number of nitrogens with one attached hydrogen (secondary N) is 1. The van der Waals surface area contributed by atoms with E-state index in [1.54, 1.807) is 0 Å². The van der Waals surface area contributed by atoms with Crippen LogP contribution in [-0.4, -0.2) is 40.0 Å². The number of ether oxygens (including phenoxy) is 1. The summed E-state index contributed by atoms with van der Waals surface area (Å²) in [7, 11) is -3.27. The van der Waals surface area contributed by atoms with E-state index in [2.05, 4.69) is 11.6 Å². The molecule has 16 heavy (non-hydrogen) atoms. The number of hydrogen-bond acceptors (Lipinski definition) is 4. The third-order valence-corrected chi connectivity index (χ3v) is 4.36. The van der Waals surface area contributed by atoms with Crippen LogP contribution in [0.3, 0.4) is 0 Å². The molecule has 0 aromatic carbocycles. The summed E-state index contributed by atoms with van der Waals surface area (Å²) in [5.74, 6) is 0. The lowest BCUT2D eigenvalue weighted by Crippen LogP contribution is -2.39. The van der Waals surface area contributed by atoms with Gasteiger partial charge in [0.15, 0.2) is 0 Å². The second kappa shape index (κ2) is 8.92. The second-order valence-corrected chi connectivity index (χ2v) is 5.72. The number of sulfonamides is 1. The first kappa shape index (κ1) is 15.8. The zero-order chi connectivity index (χ0) is 12.4. The molecule has 3 N–H and O–H groups in total. The average molecular weight is 252 g/mol. The van der Waals surface area contributed by atoms with Gasteiger partial charge in [-0.05, 0) is 12.8 Å². The lowest BCUT2D eigenvalue weighted by Gasteiger charge is -2.14. The summed E-state index contributed by atoms with van der Waals surface area (Å²) in [4.78, 5) is 0. The fourth-order valence-electron chi connectivity index (χ4n) is 1.24. The zero-order valence-corrected chi connectivity index (χ0v) is 11.1. The Labute approximate surface area is 98.8 Å². The number of unbranched alkanes of at least 4 members (excludes halogenated alkanes) is 1. The van der Waals surface area contributed by atoms with Crippen LogP contribution in [-0.2, 0) is 14.8 Å². The van der Waals surface area contributed by atoms with Gasteiger partial charge in [0.2, 0.25) is 10.0 Å². The van der Waals surface area contributed by atoms with Crippen LogP contribution in [0, 0.1) is 0 Å². The summed E-state index contributed by atoms with van der Waals surface area (Å²) in [6.07, 6.45) is 2.62. The van der Waals surface area contributed by atoms with Crippen molar-refractivity contribution in [1.29, 1.82) is 0 Å². The van der Waals surface area contributed by atoms with Crippen molar-refractivity contribution in [3.8, 4) is 0 Å². The van der Waals surface area contributed by atoms with Crippen LogP contribution in [0.2, 0.25) is 0 Å². The van der Waals surface area contributed by atoms with Crippen molar-refractivity contribution in [2.24, 2.45) is 5.73 Å². The number of rotatable bonds is 10. The summed E-state index contributed by atoms with van der Waals surface area (Å²) < 4.78 is 31.0. The fraction of sp³-hybridized carbons (Fsp3) is 1.00. The summed E-state index contributed by atoms with van der Waals surface area (Å²) >= 11 is 0. The van der Waals surface area contributed by atoms with E-state index in [1.807, 2.05) is 6.92 Å². The molecule has 0 aliphatic rings. The smallest absolute Gasteiger partial charge is 0.215 e. The fourth-order valence-corrected chi connectivity index (χ4v) is 2.53. The molecule has 0 saturated carbocycles. The first-order valence-corrected chi connectivity index (χ1v) is 7.39. The largest absolute Gasteiger partial charge is 0.380 e. The van der Waals surface area contributed by atoms with Crippen molar-refractivity contribution >= 4 is 10.0 Å². The SMILES string of the molecule is CCCCOCCNS(=O)(=O)C(CC)CN. The molecule has 0 aliphatic heterocycles. The maximum Gasteiger partial charge on any atom is 0.215 e. The van der Waals surface area contributed by atoms with E-state index < -0.39 is 15.3 Å². The molecule has 1 unspecified atom stereocenters. The molecule has 0 rings (SSSR count). The molecule has 0 aliphatic carbocycles. The van der Waals surface area contributed by atoms with Crippen molar-refractivity contribution in [1.82, 2.24) is 4.72 Å². The first-order valence-electron chi connectivity index (χ1n) is 5.84. The van der Waals surface area contributed by atoms with Crippen LogP contribution in [0.25, 0.3) is 0 Å². The van der Waals surface area contributed by atoms with E-state index in [-0.39, 0.29) is 6.54 Å². The minimum atomic E-state index is -3.27. The number of nitrogens with two attached hydrogens (primary N) is 1. The summed E-state index contributed by atoms with van der Waals surface area (Å²) in [5, 5.41) is -0.497. The van der Waals surface area contributed by atoms with Crippen molar-refractivity contribution < 1.29 is 13.2 Å². The predicted octanol–water partition coefficient (Wildman–Crippen LogP) is 0.460. The van der Waals surface area contributed by atoms with Crippen molar-refractivity contribution in [3.05, 3.63) is 0 Å². The Morgan fingerprint density at radius 3 is 2.50 bits per heavy atom. The molecule has 0 aromatic heterocycles. The molecular formula is C10H24N2O3S. The third kappa shape index (κ3) is 6.42. The van der Waals surface area contributed by atoms with Crippen molar-refractivity contribution in [3.63, 3.8) is 0 Å². The molecular weight excluding hydrogens is 228 g/mol. The van der Waals surface area contributed by atoms with Crippen LogP contribution in [0.4, 0.5) is 0 Å². The molecule has 0 fully saturated rings. The van der Waals surface area contributed by atoms with E-state index in [0.29, 0.717) is 26.2 Å². The summed E-state index contributed by atoms with van der Waals surface area (Å²) in [5.41, 5.74) is 5.39. The van der Waals surface area contributed by atoms with Crippen LogP contribution >= 0.6 is 0 Å². The Bertz CT molecular complexity index is 251. The monoisotopic (exact) mass is 252 g/mol. The van der Waals surface area contributed by atoms with Crippen LogP contribution in [0.1, 0.15) is 33.1 Å². The molecule has 0 amide bonds. The lowest BCUT2D eigenvalue weighted by atomic mass is 10.3. The average Bonchev–Trinajstić information content (AvgIpc) is 2.24. The Kier molecular flexibility index (Phi) is 8.83. The Balaban J connectivity index is 3.74. The van der Waals surface area contributed by atoms with Gasteiger partial charge in [-0.3, -0.25) is 0 Å². The highest BCUT2D eigenvalue weighted by molar-refractivity contribution is 7.90. The highest BCUT2D eigenvalue weighted by atomic mass is 32.2. The minimum absolute atomic E-state index is 0.155. The minimum Gasteiger partial charge on any atom is -0.380 e. The van der Waals surface area contributed by atoms with Gasteiger partial charge in [-0.1, -0.05) is 20.3 Å². The molecule has 0 radical (unpaired) electrons. The van der Waals surface area contributed by atoms with Gasteiger partial charge in [0.25, 0.3) is 0 Å². The van der Waals surface area contributed by atoms with Crippen LogP contribution < -0.4 is 10.5 Å². The van der Waals surface area contributed by atoms with Gasteiger partial charge in [-0.2, -0.15) is 0 Å². The summed E-state index contributed by atoms with van der Waals surface area (Å²) in [6, 6.07) is 0. The van der Waals surface area contributed by atoms with Gasteiger partial charge in [-0.25, -0.2) is 13.1 Å². The maximum absolute atomic E-state index is 11.6. The molecule has 1 atom stereocenters. The van der Waals surface area contributed by atoms with Gasteiger partial charge in [0.1, 0.15) is 0 Å². The van der Waals surface area contributed by atoms with Crippen molar-refractivity contribution in [2.75, 3.05) is 26.3 Å². The molecule has 0 heterocycles. The second-order valence-electron chi connectivity index (χ2n) is 3.67. The van der Waals surface area contributed by atoms with Crippen molar-refractivity contribution in [2.45, 2.75) is 38.4 Å². The predicted molar refractivity (Wildman–Crippen MR) is 65.8 cm³/mol. The molecule has 0 bridgehead atoms. The maximum atomic E-state index is 11.6. The van der Waals surface area contributed by atoms with Gasteiger partial charge in [-0.15, -0.1) is 0 Å². The highest BCUT2D eigenvalue weighted by Crippen LogP contribution is 2.01. The first-order chi connectivity index (χ1) is 7.58. The molecule has 0 saturated heterocycles. The highest BCUT2D eigenvalue weighted by Gasteiger charge is 2.21. The van der Waals surface area contributed by atoms with E-state index in [0.717, 1.165) is 12.8 Å². The molecule has 0 aromatic rings. The van der Waals surface area contributed by atoms with E-state index in [1.165, 1.54) is 0 Å². The lowest BCUT2D eigenvalue weighted by molar-refractivity contribution is 0.136. The Hall–Kier alpha value is -0.170. The zero-order valence-electron chi connectivity index (χ0n) is 10.2. The quantitative estimate of drug-likeness (QED) is 0.553.